The lowest BCUT2D eigenvalue weighted by Gasteiger charge is -2.46. The second-order valence-corrected chi connectivity index (χ2v) is 5.37. The van der Waals surface area contributed by atoms with Crippen LogP contribution in [-0.2, 0) is 4.79 Å². The summed E-state index contributed by atoms with van der Waals surface area (Å²) in [6, 6.07) is 6.22. The topological polar surface area (TPSA) is 26.3 Å². The standard InChI is InChI=1S/C16H22O2/c1-5-16(6-2)14(17)10-15(16)18-13-9-11(3)7-8-12(13)4/h7-9,15H,5-6,10H2,1-4H3. The minimum absolute atomic E-state index is 0.0560. The van der Waals surface area contributed by atoms with Crippen molar-refractivity contribution in [2.75, 3.05) is 0 Å². The third-order valence-corrected chi connectivity index (χ3v) is 4.42. The van der Waals surface area contributed by atoms with E-state index in [-0.39, 0.29) is 11.5 Å². The maximum absolute atomic E-state index is 11.9. The molecule has 0 radical (unpaired) electrons. The Morgan fingerprint density at radius 2 is 1.94 bits per heavy atom. The summed E-state index contributed by atoms with van der Waals surface area (Å²) in [6.45, 7) is 8.28. The van der Waals surface area contributed by atoms with Gasteiger partial charge in [0.25, 0.3) is 0 Å². The fourth-order valence-corrected chi connectivity index (χ4v) is 2.86. The van der Waals surface area contributed by atoms with Crippen LogP contribution in [0.1, 0.15) is 44.2 Å². The van der Waals surface area contributed by atoms with Crippen molar-refractivity contribution in [1.82, 2.24) is 0 Å². The predicted octanol–water partition coefficient (Wildman–Crippen LogP) is 3.83. The Hall–Kier alpha value is -1.31. The number of ether oxygens (including phenoxy) is 1. The van der Waals surface area contributed by atoms with Gasteiger partial charge < -0.3 is 4.74 Å². The molecule has 0 saturated heterocycles. The zero-order valence-electron chi connectivity index (χ0n) is 11.7. The molecule has 2 rings (SSSR count). The molecule has 2 nitrogen and oxygen atoms in total. The largest absolute Gasteiger partial charge is 0.489 e. The molecule has 1 aromatic carbocycles. The van der Waals surface area contributed by atoms with Crippen LogP contribution in [-0.4, -0.2) is 11.9 Å². The Balaban J connectivity index is 2.20. The third kappa shape index (κ3) is 1.94. The highest BCUT2D eigenvalue weighted by Crippen LogP contribution is 2.46. The van der Waals surface area contributed by atoms with Gasteiger partial charge in [-0.2, -0.15) is 0 Å². The van der Waals surface area contributed by atoms with Crippen molar-refractivity contribution in [1.29, 1.82) is 0 Å². The van der Waals surface area contributed by atoms with E-state index in [9.17, 15) is 4.79 Å². The average molecular weight is 246 g/mol. The molecule has 1 aromatic rings. The van der Waals surface area contributed by atoms with Crippen LogP contribution in [0.15, 0.2) is 18.2 Å². The highest BCUT2D eigenvalue weighted by atomic mass is 16.5. The van der Waals surface area contributed by atoms with Crippen molar-refractivity contribution in [3.63, 3.8) is 0 Å². The van der Waals surface area contributed by atoms with Gasteiger partial charge in [-0.3, -0.25) is 4.79 Å². The average Bonchev–Trinajstić information content (AvgIpc) is 2.35. The molecule has 0 aliphatic heterocycles. The van der Waals surface area contributed by atoms with Gasteiger partial charge in [0.1, 0.15) is 17.6 Å². The molecule has 98 valence electrons. The van der Waals surface area contributed by atoms with E-state index in [1.54, 1.807) is 0 Å². The van der Waals surface area contributed by atoms with Gasteiger partial charge in [-0.05, 0) is 43.9 Å². The summed E-state index contributed by atoms with van der Waals surface area (Å²) in [5.74, 6) is 1.29. The van der Waals surface area contributed by atoms with Crippen LogP contribution in [0.4, 0.5) is 0 Å². The quantitative estimate of drug-likeness (QED) is 0.807. The fraction of sp³-hybridized carbons (Fsp3) is 0.562. The normalized spacial score (nSPS) is 21.6. The number of hydrogen-bond acceptors (Lipinski definition) is 2. The van der Waals surface area contributed by atoms with Gasteiger partial charge >= 0.3 is 0 Å². The summed E-state index contributed by atoms with van der Waals surface area (Å²) in [6.07, 6.45) is 2.37. The molecule has 0 amide bonds. The molecule has 1 aliphatic rings. The zero-order valence-corrected chi connectivity index (χ0v) is 11.7. The van der Waals surface area contributed by atoms with Crippen molar-refractivity contribution in [3.05, 3.63) is 29.3 Å². The molecule has 1 atom stereocenters. The van der Waals surface area contributed by atoms with Gasteiger partial charge in [0.05, 0.1) is 5.41 Å². The van der Waals surface area contributed by atoms with Crippen molar-refractivity contribution >= 4 is 5.78 Å². The summed E-state index contributed by atoms with van der Waals surface area (Å²) >= 11 is 0. The zero-order chi connectivity index (χ0) is 13.3. The maximum Gasteiger partial charge on any atom is 0.146 e. The third-order valence-electron chi connectivity index (χ3n) is 4.42. The molecule has 2 heteroatoms. The second kappa shape index (κ2) is 4.75. The minimum atomic E-state index is -0.240. The molecular weight excluding hydrogens is 224 g/mol. The van der Waals surface area contributed by atoms with Crippen LogP contribution in [0.3, 0.4) is 0 Å². The number of hydrogen-bond donors (Lipinski definition) is 0. The molecule has 0 bridgehead atoms. The number of rotatable bonds is 4. The van der Waals surface area contributed by atoms with Crippen LogP contribution in [0.25, 0.3) is 0 Å². The first-order valence-electron chi connectivity index (χ1n) is 6.80. The number of Topliss-reactive ketones (excluding diaryl/α,β-unsaturated/α-hetero) is 1. The molecule has 0 N–H and O–H groups in total. The molecule has 1 aliphatic carbocycles. The number of carbonyl (C=O) groups is 1. The Labute approximate surface area is 109 Å². The lowest BCUT2D eigenvalue weighted by Crippen LogP contribution is -2.56. The Morgan fingerprint density at radius 3 is 2.50 bits per heavy atom. The monoisotopic (exact) mass is 246 g/mol. The van der Waals surface area contributed by atoms with Gasteiger partial charge in [-0.1, -0.05) is 26.0 Å². The van der Waals surface area contributed by atoms with Gasteiger partial charge in [-0.15, -0.1) is 0 Å². The van der Waals surface area contributed by atoms with Gasteiger partial charge in [0.2, 0.25) is 0 Å². The molecule has 1 saturated carbocycles. The van der Waals surface area contributed by atoms with Gasteiger partial charge in [0.15, 0.2) is 0 Å². The summed E-state index contributed by atoms with van der Waals surface area (Å²) in [5, 5.41) is 0. The van der Waals surface area contributed by atoms with E-state index in [1.165, 1.54) is 5.56 Å². The number of benzene rings is 1. The lowest BCUT2D eigenvalue weighted by atomic mass is 9.61. The van der Waals surface area contributed by atoms with Crippen molar-refractivity contribution < 1.29 is 9.53 Å². The SMILES string of the molecule is CCC1(CC)C(=O)CC1Oc1cc(C)ccc1C. The van der Waals surface area contributed by atoms with E-state index < -0.39 is 0 Å². The Morgan fingerprint density at radius 1 is 1.28 bits per heavy atom. The van der Waals surface area contributed by atoms with E-state index in [4.69, 9.17) is 4.74 Å². The van der Waals surface area contributed by atoms with Crippen molar-refractivity contribution in [2.24, 2.45) is 5.41 Å². The molecular formula is C16H22O2. The van der Waals surface area contributed by atoms with Crippen LogP contribution < -0.4 is 4.74 Å². The summed E-state index contributed by atoms with van der Waals surface area (Å²) < 4.78 is 6.11. The van der Waals surface area contributed by atoms with E-state index in [0.717, 1.165) is 24.2 Å². The van der Waals surface area contributed by atoms with Gasteiger partial charge in [-0.25, -0.2) is 0 Å². The lowest BCUT2D eigenvalue weighted by molar-refractivity contribution is -0.153. The first kappa shape index (κ1) is 13.1. The highest BCUT2D eigenvalue weighted by molar-refractivity contribution is 5.92. The Kier molecular flexibility index (Phi) is 3.47. The highest BCUT2D eigenvalue weighted by Gasteiger charge is 2.53. The number of ketones is 1. The smallest absolute Gasteiger partial charge is 0.146 e. The van der Waals surface area contributed by atoms with E-state index in [2.05, 4.69) is 45.9 Å². The molecule has 0 heterocycles. The molecule has 0 spiro atoms. The summed E-state index contributed by atoms with van der Waals surface area (Å²) in [4.78, 5) is 11.9. The number of carbonyl (C=O) groups excluding carboxylic acids is 1. The molecule has 1 fully saturated rings. The van der Waals surface area contributed by atoms with E-state index >= 15 is 0 Å². The maximum atomic E-state index is 11.9. The Bertz CT molecular complexity index is 458. The minimum Gasteiger partial charge on any atom is -0.489 e. The molecule has 1 unspecified atom stereocenters. The van der Waals surface area contributed by atoms with E-state index in [0.29, 0.717) is 12.2 Å². The first-order valence-corrected chi connectivity index (χ1v) is 6.80. The second-order valence-electron chi connectivity index (χ2n) is 5.37. The van der Waals surface area contributed by atoms with Crippen molar-refractivity contribution in [3.8, 4) is 5.75 Å². The van der Waals surface area contributed by atoms with Crippen LogP contribution in [0.2, 0.25) is 0 Å². The fourth-order valence-electron chi connectivity index (χ4n) is 2.86. The molecule has 0 aromatic heterocycles. The van der Waals surface area contributed by atoms with Crippen molar-refractivity contribution in [2.45, 2.75) is 53.1 Å². The summed E-state index contributed by atoms with van der Waals surface area (Å²) in [5.41, 5.74) is 2.09. The van der Waals surface area contributed by atoms with Crippen LogP contribution in [0.5, 0.6) is 5.75 Å². The number of aryl methyl sites for hydroxylation is 2. The van der Waals surface area contributed by atoms with Gasteiger partial charge in [0, 0.05) is 6.42 Å². The van der Waals surface area contributed by atoms with Crippen LogP contribution in [0, 0.1) is 19.3 Å². The summed E-state index contributed by atoms with van der Waals surface area (Å²) in [7, 11) is 0. The van der Waals surface area contributed by atoms with Crippen LogP contribution >= 0.6 is 0 Å². The molecule has 18 heavy (non-hydrogen) atoms. The predicted molar refractivity (Wildman–Crippen MR) is 73.0 cm³/mol. The first-order chi connectivity index (χ1) is 8.53. The van der Waals surface area contributed by atoms with E-state index in [1.807, 2.05) is 0 Å².